The van der Waals surface area contributed by atoms with Crippen LogP contribution in [0, 0.1) is 5.41 Å². The Kier molecular flexibility index (Phi) is 3.65. The van der Waals surface area contributed by atoms with Crippen molar-refractivity contribution in [3.8, 4) is 0 Å². The molecule has 0 radical (unpaired) electrons. The van der Waals surface area contributed by atoms with Crippen LogP contribution in [-0.4, -0.2) is 29.1 Å². The van der Waals surface area contributed by atoms with E-state index in [1.54, 1.807) is 0 Å². The van der Waals surface area contributed by atoms with Crippen LogP contribution < -0.4 is 11.1 Å². The molecule has 2 aliphatic rings. The zero-order valence-corrected chi connectivity index (χ0v) is 11.9. The summed E-state index contributed by atoms with van der Waals surface area (Å²) in [5, 5.41) is 3.14. The molecule has 1 aliphatic carbocycles. The van der Waals surface area contributed by atoms with Crippen LogP contribution in [0.3, 0.4) is 0 Å². The van der Waals surface area contributed by atoms with Crippen molar-refractivity contribution in [2.24, 2.45) is 11.1 Å². The lowest BCUT2D eigenvalue weighted by molar-refractivity contribution is -0.129. The molecule has 2 fully saturated rings. The SMILES string of the molecule is CC1OCCC1(C)NC(=O)C1(C(N)=S)CCCC1. The van der Waals surface area contributed by atoms with Crippen molar-refractivity contribution >= 4 is 23.1 Å². The van der Waals surface area contributed by atoms with Crippen LogP contribution in [0.4, 0.5) is 0 Å². The second-order valence-corrected chi connectivity index (χ2v) is 6.23. The summed E-state index contributed by atoms with van der Waals surface area (Å²) in [6.45, 7) is 4.72. The molecule has 0 spiro atoms. The van der Waals surface area contributed by atoms with Gasteiger partial charge in [-0.2, -0.15) is 0 Å². The summed E-state index contributed by atoms with van der Waals surface area (Å²) in [5.74, 6) is -0.00708. The van der Waals surface area contributed by atoms with Crippen LogP contribution in [0.15, 0.2) is 0 Å². The first-order chi connectivity index (χ1) is 8.41. The highest BCUT2D eigenvalue weighted by atomic mass is 32.1. The smallest absolute Gasteiger partial charge is 0.233 e. The van der Waals surface area contributed by atoms with E-state index in [9.17, 15) is 4.79 Å². The van der Waals surface area contributed by atoms with Crippen molar-refractivity contribution in [1.29, 1.82) is 0 Å². The van der Waals surface area contributed by atoms with Crippen LogP contribution >= 0.6 is 12.2 Å². The topological polar surface area (TPSA) is 64.3 Å². The number of rotatable bonds is 3. The summed E-state index contributed by atoms with van der Waals surface area (Å²) < 4.78 is 5.55. The van der Waals surface area contributed by atoms with Crippen molar-refractivity contribution in [2.75, 3.05) is 6.61 Å². The first-order valence-corrected chi connectivity index (χ1v) is 7.06. The first-order valence-electron chi connectivity index (χ1n) is 6.65. The monoisotopic (exact) mass is 270 g/mol. The van der Waals surface area contributed by atoms with E-state index in [0.29, 0.717) is 11.6 Å². The van der Waals surface area contributed by atoms with Gasteiger partial charge in [-0.3, -0.25) is 4.79 Å². The number of hydrogen-bond donors (Lipinski definition) is 2. The van der Waals surface area contributed by atoms with E-state index in [4.69, 9.17) is 22.7 Å². The second-order valence-electron chi connectivity index (χ2n) is 5.79. The Morgan fingerprint density at radius 1 is 1.39 bits per heavy atom. The molecule has 1 amide bonds. The summed E-state index contributed by atoms with van der Waals surface area (Å²) in [4.78, 5) is 12.9. The van der Waals surface area contributed by atoms with Gasteiger partial charge in [-0.25, -0.2) is 0 Å². The van der Waals surface area contributed by atoms with Gasteiger partial charge in [0.25, 0.3) is 0 Å². The van der Waals surface area contributed by atoms with Gasteiger partial charge in [0.05, 0.1) is 22.0 Å². The van der Waals surface area contributed by atoms with Crippen molar-refractivity contribution in [3.05, 3.63) is 0 Å². The zero-order chi connectivity index (χ0) is 13.4. The highest BCUT2D eigenvalue weighted by molar-refractivity contribution is 7.80. The molecule has 1 saturated carbocycles. The number of carbonyl (C=O) groups excluding carboxylic acids is 1. The average molecular weight is 270 g/mol. The Morgan fingerprint density at radius 2 is 2.00 bits per heavy atom. The molecule has 1 saturated heterocycles. The molecule has 4 nitrogen and oxygen atoms in total. The number of nitrogens with two attached hydrogens (primary N) is 1. The normalized spacial score (nSPS) is 34.4. The predicted molar refractivity (Wildman–Crippen MR) is 74.3 cm³/mol. The van der Waals surface area contributed by atoms with Crippen molar-refractivity contribution in [1.82, 2.24) is 5.32 Å². The summed E-state index contributed by atoms with van der Waals surface area (Å²) in [5.41, 5.74) is 4.91. The van der Waals surface area contributed by atoms with Gasteiger partial charge in [0, 0.05) is 6.61 Å². The maximum Gasteiger partial charge on any atom is 0.233 e. The Bertz CT molecular complexity index is 366. The van der Waals surface area contributed by atoms with Crippen LogP contribution in [0.1, 0.15) is 46.0 Å². The highest BCUT2D eigenvalue weighted by Gasteiger charge is 2.48. The molecule has 2 atom stereocenters. The number of hydrogen-bond acceptors (Lipinski definition) is 3. The Labute approximate surface area is 114 Å². The predicted octanol–water partition coefficient (Wildman–Crippen LogP) is 1.52. The molecule has 18 heavy (non-hydrogen) atoms. The molecule has 2 rings (SSSR count). The lowest BCUT2D eigenvalue weighted by Crippen LogP contribution is -2.57. The molecule has 0 aromatic heterocycles. The maximum atomic E-state index is 12.6. The fourth-order valence-electron chi connectivity index (χ4n) is 2.94. The number of carbonyl (C=O) groups is 1. The van der Waals surface area contributed by atoms with Crippen molar-refractivity contribution < 1.29 is 9.53 Å². The van der Waals surface area contributed by atoms with Crippen LogP contribution in [0.2, 0.25) is 0 Å². The molecule has 0 aromatic carbocycles. The summed E-state index contributed by atoms with van der Waals surface area (Å²) in [7, 11) is 0. The van der Waals surface area contributed by atoms with E-state index in [0.717, 1.165) is 32.1 Å². The van der Waals surface area contributed by atoms with E-state index in [-0.39, 0.29) is 17.6 Å². The average Bonchev–Trinajstić information content (AvgIpc) is 2.88. The van der Waals surface area contributed by atoms with Gasteiger partial charge in [0.1, 0.15) is 0 Å². The Morgan fingerprint density at radius 3 is 2.44 bits per heavy atom. The van der Waals surface area contributed by atoms with Crippen molar-refractivity contribution in [3.63, 3.8) is 0 Å². The molecular weight excluding hydrogens is 248 g/mol. The number of ether oxygens (including phenoxy) is 1. The minimum atomic E-state index is -0.624. The summed E-state index contributed by atoms with van der Waals surface area (Å²) >= 11 is 5.14. The number of nitrogens with one attached hydrogen (secondary N) is 1. The third kappa shape index (κ3) is 2.14. The van der Waals surface area contributed by atoms with Gasteiger partial charge in [0.2, 0.25) is 5.91 Å². The summed E-state index contributed by atoms with van der Waals surface area (Å²) in [6, 6.07) is 0. The highest BCUT2D eigenvalue weighted by Crippen LogP contribution is 2.40. The zero-order valence-electron chi connectivity index (χ0n) is 11.1. The molecule has 5 heteroatoms. The van der Waals surface area contributed by atoms with Gasteiger partial charge in [0.15, 0.2) is 0 Å². The molecule has 3 N–H and O–H groups in total. The van der Waals surface area contributed by atoms with Crippen LogP contribution in [0.5, 0.6) is 0 Å². The first kappa shape index (κ1) is 13.7. The molecular formula is C13H22N2O2S. The lowest BCUT2D eigenvalue weighted by atomic mass is 9.83. The van der Waals surface area contributed by atoms with Gasteiger partial charge >= 0.3 is 0 Å². The van der Waals surface area contributed by atoms with Crippen molar-refractivity contribution in [2.45, 2.75) is 57.6 Å². The summed E-state index contributed by atoms with van der Waals surface area (Å²) in [6.07, 6.45) is 4.47. The number of amides is 1. The fraction of sp³-hybridized carbons (Fsp3) is 0.846. The molecule has 1 heterocycles. The third-order valence-electron chi connectivity index (χ3n) is 4.65. The largest absolute Gasteiger partial charge is 0.392 e. The van der Waals surface area contributed by atoms with Crippen LogP contribution in [0.25, 0.3) is 0 Å². The second kappa shape index (κ2) is 4.78. The van der Waals surface area contributed by atoms with Gasteiger partial charge in [-0.05, 0) is 33.1 Å². The van der Waals surface area contributed by atoms with E-state index in [1.165, 1.54) is 0 Å². The number of thiocarbonyl (C=S) groups is 1. The van der Waals surface area contributed by atoms with E-state index < -0.39 is 5.41 Å². The van der Waals surface area contributed by atoms with E-state index >= 15 is 0 Å². The van der Waals surface area contributed by atoms with E-state index in [1.807, 2.05) is 13.8 Å². The third-order valence-corrected chi connectivity index (χ3v) is 5.04. The Hall–Kier alpha value is -0.680. The molecule has 0 bridgehead atoms. The fourth-order valence-corrected chi connectivity index (χ4v) is 3.24. The molecule has 0 aromatic rings. The van der Waals surface area contributed by atoms with E-state index in [2.05, 4.69) is 5.32 Å². The van der Waals surface area contributed by atoms with Crippen LogP contribution in [-0.2, 0) is 9.53 Å². The lowest BCUT2D eigenvalue weighted by Gasteiger charge is -2.34. The standard InChI is InChI=1S/C13H22N2O2S/c1-9-12(2,7-8-17-9)15-11(16)13(10(14)18)5-3-4-6-13/h9H,3-8H2,1-2H3,(H2,14,18)(H,15,16). The van der Waals surface area contributed by atoms with Gasteiger partial charge in [-0.15, -0.1) is 0 Å². The Balaban J connectivity index is 2.13. The molecule has 102 valence electrons. The molecule has 2 unspecified atom stereocenters. The quantitative estimate of drug-likeness (QED) is 0.763. The minimum absolute atomic E-state index is 0.00708. The maximum absolute atomic E-state index is 12.6. The molecule has 1 aliphatic heterocycles. The van der Waals surface area contributed by atoms with Gasteiger partial charge < -0.3 is 15.8 Å². The minimum Gasteiger partial charge on any atom is -0.392 e. The van der Waals surface area contributed by atoms with Gasteiger partial charge in [-0.1, -0.05) is 25.1 Å².